The largest absolute Gasteiger partial charge is 0.541 e. The summed E-state index contributed by atoms with van der Waals surface area (Å²) in [5.41, 5.74) is 2.78. The predicted molar refractivity (Wildman–Crippen MR) is 117 cm³/mol. The van der Waals surface area contributed by atoms with Gasteiger partial charge >= 0.3 is 7.75 Å². The quantitative estimate of drug-likeness (QED) is 0.394. The van der Waals surface area contributed by atoms with Gasteiger partial charge in [-0.2, -0.15) is 0 Å². The molecular weight excluding hydrogens is 385 g/mol. The van der Waals surface area contributed by atoms with Gasteiger partial charge in [0.1, 0.15) is 17.2 Å². The van der Waals surface area contributed by atoms with Crippen LogP contribution >= 0.6 is 7.75 Å². The number of anilines is 1. The van der Waals surface area contributed by atoms with Crippen molar-refractivity contribution >= 4 is 13.4 Å². The standard InChI is InChI=1S/C23H26NO4P/c1-4-17-26-21-15-9-20(10-16-21)24-29(25,27-22-11-5-18(2)6-12-22)28-23-13-7-19(3)8-14-23/h5-16H,4,17H2,1-3H3,(H,24,25). The summed E-state index contributed by atoms with van der Waals surface area (Å²) in [5, 5.41) is 2.92. The lowest BCUT2D eigenvalue weighted by Crippen LogP contribution is -2.10. The van der Waals surface area contributed by atoms with Gasteiger partial charge in [-0.3, -0.25) is 5.09 Å². The van der Waals surface area contributed by atoms with Crippen LogP contribution in [0.25, 0.3) is 0 Å². The first-order valence-electron chi connectivity index (χ1n) is 9.59. The summed E-state index contributed by atoms with van der Waals surface area (Å²) in [6.45, 7) is 6.66. The van der Waals surface area contributed by atoms with Crippen molar-refractivity contribution in [3.8, 4) is 17.2 Å². The van der Waals surface area contributed by atoms with Gasteiger partial charge in [0, 0.05) is 5.69 Å². The van der Waals surface area contributed by atoms with Crippen molar-refractivity contribution < 1.29 is 18.3 Å². The van der Waals surface area contributed by atoms with Crippen LogP contribution in [0.15, 0.2) is 72.8 Å². The van der Waals surface area contributed by atoms with E-state index in [1.165, 1.54) is 0 Å². The van der Waals surface area contributed by atoms with Gasteiger partial charge in [-0.1, -0.05) is 42.3 Å². The molecule has 29 heavy (non-hydrogen) atoms. The molecule has 1 N–H and O–H groups in total. The van der Waals surface area contributed by atoms with E-state index < -0.39 is 7.75 Å². The van der Waals surface area contributed by atoms with Gasteiger partial charge in [-0.15, -0.1) is 0 Å². The summed E-state index contributed by atoms with van der Waals surface area (Å²) >= 11 is 0. The van der Waals surface area contributed by atoms with Crippen LogP contribution in [0.1, 0.15) is 24.5 Å². The Balaban J connectivity index is 1.82. The highest BCUT2D eigenvalue weighted by Gasteiger charge is 2.29. The average molecular weight is 411 g/mol. The van der Waals surface area contributed by atoms with E-state index in [0.717, 1.165) is 23.3 Å². The topological polar surface area (TPSA) is 56.8 Å². The number of hydrogen-bond donors (Lipinski definition) is 1. The molecule has 0 heterocycles. The van der Waals surface area contributed by atoms with Crippen LogP contribution in [0, 0.1) is 13.8 Å². The van der Waals surface area contributed by atoms with Crippen LogP contribution in [0.3, 0.4) is 0 Å². The van der Waals surface area contributed by atoms with E-state index in [9.17, 15) is 4.57 Å². The summed E-state index contributed by atoms with van der Waals surface area (Å²) in [4.78, 5) is 0. The Labute approximate surface area is 172 Å². The van der Waals surface area contributed by atoms with Crippen LogP contribution in [-0.2, 0) is 4.57 Å². The minimum atomic E-state index is -3.74. The van der Waals surface area contributed by atoms with Gasteiger partial charge in [-0.25, -0.2) is 4.57 Å². The Bertz CT molecular complexity index is 902. The molecule has 5 nitrogen and oxygen atoms in total. The van der Waals surface area contributed by atoms with Crippen LogP contribution in [-0.4, -0.2) is 6.61 Å². The molecule has 152 valence electrons. The minimum Gasteiger partial charge on any atom is -0.494 e. The molecule has 0 aliphatic carbocycles. The molecule has 0 bridgehead atoms. The molecule has 3 rings (SSSR count). The zero-order chi connectivity index (χ0) is 20.7. The molecule has 0 amide bonds. The van der Waals surface area contributed by atoms with Crippen molar-refractivity contribution in [1.29, 1.82) is 0 Å². The molecule has 0 spiro atoms. The fourth-order valence-corrected chi connectivity index (χ4v) is 3.94. The molecule has 6 heteroatoms. The highest BCUT2D eigenvalue weighted by Crippen LogP contribution is 2.48. The second-order valence-electron chi connectivity index (χ2n) is 6.79. The number of benzene rings is 3. The molecule has 3 aromatic carbocycles. The maximum Gasteiger partial charge on any atom is 0.541 e. The van der Waals surface area contributed by atoms with E-state index in [2.05, 4.69) is 12.0 Å². The number of nitrogens with one attached hydrogen (secondary N) is 1. The molecule has 0 aromatic heterocycles. The number of ether oxygens (including phenoxy) is 1. The van der Waals surface area contributed by atoms with Gasteiger partial charge in [0.25, 0.3) is 0 Å². The van der Waals surface area contributed by atoms with E-state index in [0.29, 0.717) is 23.8 Å². The second kappa shape index (κ2) is 9.53. The molecule has 0 atom stereocenters. The minimum absolute atomic E-state index is 0.460. The van der Waals surface area contributed by atoms with Crippen molar-refractivity contribution in [2.75, 3.05) is 11.7 Å². The Kier molecular flexibility index (Phi) is 6.84. The molecular formula is C23H26NO4P. The smallest absolute Gasteiger partial charge is 0.494 e. The highest BCUT2D eigenvalue weighted by atomic mass is 31.2. The lowest BCUT2D eigenvalue weighted by Gasteiger charge is -2.21. The Morgan fingerprint density at radius 1 is 0.724 bits per heavy atom. The Morgan fingerprint density at radius 3 is 1.62 bits per heavy atom. The maximum absolute atomic E-state index is 13.6. The van der Waals surface area contributed by atoms with Crippen LogP contribution in [0.5, 0.6) is 17.2 Å². The molecule has 3 aromatic rings. The first-order chi connectivity index (χ1) is 14.0. The number of hydrogen-bond acceptors (Lipinski definition) is 4. The van der Waals surface area contributed by atoms with Crippen molar-refractivity contribution in [3.05, 3.63) is 83.9 Å². The van der Waals surface area contributed by atoms with Gasteiger partial charge in [0.2, 0.25) is 0 Å². The third kappa shape index (κ3) is 6.30. The summed E-state index contributed by atoms with van der Waals surface area (Å²) in [6, 6.07) is 21.9. The van der Waals surface area contributed by atoms with E-state index in [4.69, 9.17) is 13.8 Å². The first kappa shape index (κ1) is 20.8. The fourth-order valence-electron chi connectivity index (χ4n) is 2.54. The fraction of sp³-hybridized carbons (Fsp3) is 0.217. The molecule has 0 saturated carbocycles. The van der Waals surface area contributed by atoms with E-state index in [-0.39, 0.29) is 0 Å². The molecule has 0 aliphatic rings. The second-order valence-corrected chi connectivity index (χ2v) is 8.37. The number of rotatable bonds is 9. The van der Waals surface area contributed by atoms with Crippen molar-refractivity contribution in [3.63, 3.8) is 0 Å². The van der Waals surface area contributed by atoms with E-state index in [1.54, 1.807) is 36.4 Å². The summed E-state index contributed by atoms with van der Waals surface area (Å²) in [7, 11) is -3.74. The van der Waals surface area contributed by atoms with Crippen molar-refractivity contribution in [1.82, 2.24) is 0 Å². The Morgan fingerprint density at radius 2 is 1.17 bits per heavy atom. The lowest BCUT2D eigenvalue weighted by molar-refractivity contribution is 0.317. The van der Waals surface area contributed by atoms with Crippen LogP contribution < -0.4 is 18.9 Å². The zero-order valence-corrected chi connectivity index (χ0v) is 17.8. The number of aryl methyl sites for hydroxylation is 2. The van der Waals surface area contributed by atoms with E-state index in [1.807, 2.05) is 50.2 Å². The van der Waals surface area contributed by atoms with Gasteiger partial charge in [0.15, 0.2) is 0 Å². The average Bonchev–Trinajstić information content (AvgIpc) is 2.71. The molecule has 0 radical (unpaired) electrons. The normalized spacial score (nSPS) is 11.0. The van der Waals surface area contributed by atoms with Crippen molar-refractivity contribution in [2.24, 2.45) is 0 Å². The van der Waals surface area contributed by atoms with E-state index >= 15 is 0 Å². The lowest BCUT2D eigenvalue weighted by atomic mass is 10.2. The molecule has 0 unspecified atom stereocenters. The van der Waals surface area contributed by atoms with Gasteiger partial charge in [0.05, 0.1) is 6.61 Å². The summed E-state index contributed by atoms with van der Waals surface area (Å²) < 4.78 is 30.7. The zero-order valence-electron chi connectivity index (χ0n) is 16.9. The van der Waals surface area contributed by atoms with Crippen LogP contribution in [0.2, 0.25) is 0 Å². The Hall–Kier alpha value is -2.91. The van der Waals surface area contributed by atoms with Gasteiger partial charge in [-0.05, 0) is 68.8 Å². The first-order valence-corrected chi connectivity index (χ1v) is 11.1. The SMILES string of the molecule is CCCOc1ccc(NP(=O)(Oc2ccc(C)cc2)Oc2ccc(C)cc2)cc1. The van der Waals surface area contributed by atoms with Crippen LogP contribution in [0.4, 0.5) is 5.69 Å². The molecule has 0 fully saturated rings. The molecule has 0 saturated heterocycles. The third-order valence-electron chi connectivity index (χ3n) is 4.09. The van der Waals surface area contributed by atoms with Gasteiger partial charge < -0.3 is 13.8 Å². The molecule has 0 aliphatic heterocycles. The van der Waals surface area contributed by atoms with Crippen molar-refractivity contribution in [2.45, 2.75) is 27.2 Å². The maximum atomic E-state index is 13.6. The highest BCUT2D eigenvalue weighted by molar-refractivity contribution is 7.56. The monoisotopic (exact) mass is 411 g/mol. The summed E-state index contributed by atoms with van der Waals surface area (Å²) in [5.74, 6) is 1.68. The summed E-state index contributed by atoms with van der Waals surface area (Å²) in [6.07, 6.45) is 0.935. The third-order valence-corrected chi connectivity index (χ3v) is 5.52. The predicted octanol–water partition coefficient (Wildman–Crippen LogP) is 6.77.